The number of nitro groups is 1. The molecule has 8 nitrogen and oxygen atoms in total. The van der Waals surface area contributed by atoms with Crippen molar-refractivity contribution in [1.82, 2.24) is 9.78 Å². The summed E-state index contributed by atoms with van der Waals surface area (Å²) in [5, 5.41) is 17.8. The maximum Gasteiger partial charge on any atom is 0.433 e. The Hall–Kier alpha value is -3.42. The molecule has 128 valence electrons. The normalized spacial score (nSPS) is 10.7. The second-order valence-electron chi connectivity index (χ2n) is 5.78. The molecule has 0 radical (unpaired) electrons. The van der Waals surface area contributed by atoms with Gasteiger partial charge in [0.1, 0.15) is 10.7 Å². The SMILES string of the molecule is Cc1cc(C)cc(-n2nc(C)cc2NC(=O)c2ccc([N+](=O)[O-])o2)c1. The maximum absolute atomic E-state index is 12.3. The predicted molar refractivity (Wildman–Crippen MR) is 91.1 cm³/mol. The zero-order chi connectivity index (χ0) is 18.1. The molecule has 8 heteroatoms. The summed E-state index contributed by atoms with van der Waals surface area (Å²) in [5.41, 5.74) is 3.68. The Morgan fingerprint density at radius 2 is 1.84 bits per heavy atom. The standard InChI is InChI=1S/C17H16N4O4/c1-10-6-11(2)8-13(7-10)20-15(9-12(3)19-20)18-17(22)14-4-5-16(25-14)21(23)24/h4-9H,1-3H3,(H,18,22). The molecule has 2 aromatic heterocycles. The fraction of sp³-hybridized carbons (Fsp3) is 0.176. The van der Waals surface area contributed by atoms with E-state index in [1.165, 1.54) is 6.07 Å². The second-order valence-corrected chi connectivity index (χ2v) is 5.78. The molecule has 2 heterocycles. The molecule has 0 spiro atoms. The summed E-state index contributed by atoms with van der Waals surface area (Å²) in [5.74, 6) is -0.758. The highest BCUT2D eigenvalue weighted by atomic mass is 16.6. The number of carbonyl (C=O) groups is 1. The highest BCUT2D eigenvalue weighted by molar-refractivity contribution is 6.02. The Kier molecular flexibility index (Phi) is 4.10. The van der Waals surface area contributed by atoms with Crippen molar-refractivity contribution in [3.05, 3.63) is 69.1 Å². The van der Waals surface area contributed by atoms with Gasteiger partial charge in [0.25, 0.3) is 5.91 Å². The number of furan rings is 1. The molecule has 1 N–H and O–H groups in total. The fourth-order valence-electron chi connectivity index (χ4n) is 2.58. The van der Waals surface area contributed by atoms with E-state index in [0.29, 0.717) is 5.82 Å². The number of carbonyl (C=O) groups excluding carboxylic acids is 1. The van der Waals surface area contributed by atoms with Gasteiger partial charge in [0.2, 0.25) is 0 Å². The van der Waals surface area contributed by atoms with E-state index in [4.69, 9.17) is 4.42 Å². The number of amides is 1. The molecular weight excluding hydrogens is 324 g/mol. The molecule has 25 heavy (non-hydrogen) atoms. The van der Waals surface area contributed by atoms with Gasteiger partial charge >= 0.3 is 5.88 Å². The average molecular weight is 340 g/mol. The number of aromatic nitrogens is 2. The number of hydrogen-bond donors (Lipinski definition) is 1. The molecule has 1 amide bonds. The van der Waals surface area contributed by atoms with Crippen LogP contribution in [0.5, 0.6) is 0 Å². The van der Waals surface area contributed by atoms with Crippen molar-refractivity contribution in [2.75, 3.05) is 5.32 Å². The van der Waals surface area contributed by atoms with Gasteiger partial charge in [0, 0.05) is 6.07 Å². The van der Waals surface area contributed by atoms with Crippen molar-refractivity contribution in [1.29, 1.82) is 0 Å². The Morgan fingerprint density at radius 1 is 1.16 bits per heavy atom. The molecule has 0 atom stereocenters. The van der Waals surface area contributed by atoms with Crippen molar-refractivity contribution < 1.29 is 14.1 Å². The van der Waals surface area contributed by atoms with Crippen molar-refractivity contribution in [3.63, 3.8) is 0 Å². The van der Waals surface area contributed by atoms with E-state index in [9.17, 15) is 14.9 Å². The first-order valence-corrected chi connectivity index (χ1v) is 7.54. The third-order valence-corrected chi connectivity index (χ3v) is 3.52. The first-order valence-electron chi connectivity index (χ1n) is 7.54. The number of benzene rings is 1. The molecule has 0 unspecified atom stereocenters. The highest BCUT2D eigenvalue weighted by Gasteiger charge is 2.19. The lowest BCUT2D eigenvalue weighted by atomic mass is 10.1. The van der Waals surface area contributed by atoms with Crippen LogP contribution in [-0.4, -0.2) is 20.6 Å². The number of nitrogens with one attached hydrogen (secondary N) is 1. The van der Waals surface area contributed by atoms with Crippen LogP contribution in [0.25, 0.3) is 5.69 Å². The summed E-state index contributed by atoms with van der Waals surface area (Å²) in [4.78, 5) is 22.3. The minimum absolute atomic E-state index is 0.141. The molecule has 0 aliphatic rings. The van der Waals surface area contributed by atoms with Crippen LogP contribution < -0.4 is 5.32 Å². The van der Waals surface area contributed by atoms with Crippen LogP contribution >= 0.6 is 0 Å². The molecule has 0 bridgehead atoms. The Balaban J connectivity index is 1.92. The summed E-state index contributed by atoms with van der Waals surface area (Å²) in [6.07, 6.45) is 0. The van der Waals surface area contributed by atoms with Gasteiger partial charge in [-0.15, -0.1) is 0 Å². The van der Waals surface area contributed by atoms with Crippen molar-refractivity contribution in [2.45, 2.75) is 20.8 Å². The lowest BCUT2D eigenvalue weighted by Crippen LogP contribution is -2.14. The highest BCUT2D eigenvalue weighted by Crippen LogP contribution is 2.21. The lowest BCUT2D eigenvalue weighted by Gasteiger charge is -2.10. The molecule has 0 saturated carbocycles. The van der Waals surface area contributed by atoms with Gasteiger partial charge in [0.15, 0.2) is 5.76 Å². The Bertz CT molecular complexity index is 951. The molecule has 0 aliphatic carbocycles. The van der Waals surface area contributed by atoms with E-state index in [2.05, 4.69) is 10.4 Å². The summed E-state index contributed by atoms with van der Waals surface area (Å²) in [7, 11) is 0. The topological polar surface area (TPSA) is 103 Å². The Morgan fingerprint density at radius 3 is 2.44 bits per heavy atom. The van der Waals surface area contributed by atoms with Crippen LogP contribution in [0.15, 0.2) is 40.8 Å². The third kappa shape index (κ3) is 3.42. The molecule has 3 rings (SSSR count). The lowest BCUT2D eigenvalue weighted by molar-refractivity contribution is -0.402. The van der Waals surface area contributed by atoms with E-state index in [-0.39, 0.29) is 5.76 Å². The molecule has 3 aromatic rings. The monoisotopic (exact) mass is 340 g/mol. The van der Waals surface area contributed by atoms with Crippen LogP contribution in [0.2, 0.25) is 0 Å². The van der Waals surface area contributed by atoms with Gasteiger partial charge in [-0.1, -0.05) is 6.07 Å². The van der Waals surface area contributed by atoms with Gasteiger partial charge < -0.3 is 9.73 Å². The van der Waals surface area contributed by atoms with Crippen molar-refractivity contribution in [2.24, 2.45) is 0 Å². The zero-order valence-corrected chi connectivity index (χ0v) is 13.9. The van der Waals surface area contributed by atoms with Gasteiger partial charge in [0.05, 0.1) is 17.4 Å². The number of hydrogen-bond acceptors (Lipinski definition) is 5. The van der Waals surface area contributed by atoms with Crippen LogP contribution in [0.1, 0.15) is 27.4 Å². The number of nitrogens with zero attached hydrogens (tertiary/aromatic N) is 3. The molecule has 0 fully saturated rings. The third-order valence-electron chi connectivity index (χ3n) is 3.52. The number of aryl methyl sites for hydroxylation is 3. The molecular formula is C17H16N4O4. The molecule has 1 aromatic carbocycles. The van der Waals surface area contributed by atoms with Gasteiger partial charge in [-0.25, -0.2) is 4.68 Å². The first-order chi connectivity index (χ1) is 11.8. The van der Waals surface area contributed by atoms with E-state index in [0.717, 1.165) is 28.6 Å². The quantitative estimate of drug-likeness (QED) is 0.578. The molecule has 0 aliphatic heterocycles. The largest absolute Gasteiger partial charge is 0.433 e. The summed E-state index contributed by atoms with van der Waals surface area (Å²) in [6.45, 7) is 5.77. The van der Waals surface area contributed by atoms with Crippen LogP contribution in [0, 0.1) is 30.9 Å². The average Bonchev–Trinajstić information content (AvgIpc) is 3.13. The minimum Gasteiger partial charge on any atom is -0.395 e. The predicted octanol–water partition coefficient (Wildman–Crippen LogP) is 3.55. The van der Waals surface area contributed by atoms with Crippen molar-refractivity contribution in [3.8, 4) is 5.69 Å². The van der Waals surface area contributed by atoms with Crippen LogP contribution in [-0.2, 0) is 0 Å². The summed E-state index contributed by atoms with van der Waals surface area (Å²) >= 11 is 0. The summed E-state index contributed by atoms with van der Waals surface area (Å²) < 4.78 is 6.54. The number of rotatable bonds is 4. The van der Waals surface area contributed by atoms with Crippen molar-refractivity contribution >= 4 is 17.6 Å². The van der Waals surface area contributed by atoms with Crippen LogP contribution in [0.3, 0.4) is 0 Å². The summed E-state index contributed by atoms with van der Waals surface area (Å²) in [6, 6.07) is 10.1. The first kappa shape index (κ1) is 16.4. The van der Waals surface area contributed by atoms with Gasteiger partial charge in [-0.2, -0.15) is 5.10 Å². The van der Waals surface area contributed by atoms with E-state index >= 15 is 0 Å². The van der Waals surface area contributed by atoms with Crippen LogP contribution in [0.4, 0.5) is 11.7 Å². The molecule has 0 saturated heterocycles. The second kappa shape index (κ2) is 6.23. The van der Waals surface area contributed by atoms with E-state index in [1.54, 1.807) is 10.7 Å². The van der Waals surface area contributed by atoms with Gasteiger partial charge in [-0.3, -0.25) is 14.9 Å². The smallest absolute Gasteiger partial charge is 0.395 e. The zero-order valence-electron chi connectivity index (χ0n) is 13.9. The number of anilines is 1. The van der Waals surface area contributed by atoms with E-state index in [1.807, 2.05) is 39.0 Å². The van der Waals surface area contributed by atoms with Gasteiger partial charge in [-0.05, 0) is 50.1 Å². The minimum atomic E-state index is -0.694. The maximum atomic E-state index is 12.3. The fourth-order valence-corrected chi connectivity index (χ4v) is 2.58. The Labute approximate surface area is 143 Å². The van der Waals surface area contributed by atoms with E-state index < -0.39 is 16.7 Å².